The molecule has 2 aliphatic heterocycles. The van der Waals surface area contributed by atoms with E-state index < -0.39 is 0 Å². The van der Waals surface area contributed by atoms with Crippen molar-refractivity contribution in [1.29, 1.82) is 0 Å². The summed E-state index contributed by atoms with van der Waals surface area (Å²) in [6.07, 6.45) is 2.80. The molecule has 0 N–H and O–H groups in total. The normalized spacial score (nSPS) is 22.9. The molecule has 0 radical (unpaired) electrons. The fourth-order valence-electron chi connectivity index (χ4n) is 3.32. The van der Waals surface area contributed by atoms with Crippen molar-refractivity contribution in [1.82, 2.24) is 9.88 Å². The van der Waals surface area contributed by atoms with Gasteiger partial charge in [0.05, 0.1) is 13.2 Å². The van der Waals surface area contributed by atoms with Gasteiger partial charge in [-0.2, -0.15) is 0 Å². The number of likely N-dealkylation sites (tertiary alicyclic amines) is 1. The lowest BCUT2D eigenvalue weighted by Crippen LogP contribution is -2.42. The van der Waals surface area contributed by atoms with Crippen molar-refractivity contribution in [3.63, 3.8) is 0 Å². The second-order valence-electron chi connectivity index (χ2n) is 6.25. The topological polar surface area (TPSA) is 51.7 Å². The quantitative estimate of drug-likeness (QED) is 0.868. The van der Waals surface area contributed by atoms with Gasteiger partial charge in [0.25, 0.3) is 5.91 Å². The Morgan fingerprint density at radius 2 is 2.00 bits per heavy atom. The average Bonchev–Trinajstić information content (AvgIpc) is 3.10. The van der Waals surface area contributed by atoms with E-state index in [-0.39, 0.29) is 18.1 Å². The molecule has 1 aromatic heterocycles. The molecule has 1 saturated heterocycles. The molecule has 124 valence electrons. The summed E-state index contributed by atoms with van der Waals surface area (Å²) in [5.74, 6) is 0.677. The molecule has 2 atom stereocenters. The largest absolute Gasteiger partial charge is 0.472 e. The van der Waals surface area contributed by atoms with Gasteiger partial charge in [0.1, 0.15) is 12.2 Å². The van der Waals surface area contributed by atoms with Crippen molar-refractivity contribution in [3.8, 4) is 5.88 Å². The predicted octanol–water partition coefficient (Wildman–Crippen LogP) is 2.20. The van der Waals surface area contributed by atoms with Crippen molar-refractivity contribution in [2.45, 2.75) is 31.7 Å². The highest BCUT2D eigenvalue weighted by atomic mass is 16.5. The Hall–Kier alpha value is -2.40. The van der Waals surface area contributed by atoms with Gasteiger partial charge in [0.2, 0.25) is 5.88 Å². The molecular formula is C19H20N2O3. The summed E-state index contributed by atoms with van der Waals surface area (Å²) < 4.78 is 11.6. The Balaban J connectivity index is 1.36. The van der Waals surface area contributed by atoms with Crippen molar-refractivity contribution in [3.05, 3.63) is 59.8 Å². The number of carbonyl (C=O) groups is 1. The molecule has 24 heavy (non-hydrogen) atoms. The van der Waals surface area contributed by atoms with Crippen LogP contribution in [0.2, 0.25) is 0 Å². The van der Waals surface area contributed by atoms with Gasteiger partial charge in [-0.25, -0.2) is 4.98 Å². The van der Waals surface area contributed by atoms with Crippen molar-refractivity contribution in [2.75, 3.05) is 13.1 Å². The molecule has 2 aromatic rings. The van der Waals surface area contributed by atoms with E-state index in [1.165, 1.54) is 11.1 Å². The second-order valence-corrected chi connectivity index (χ2v) is 6.25. The van der Waals surface area contributed by atoms with Gasteiger partial charge in [0.15, 0.2) is 0 Å². The highest BCUT2D eigenvalue weighted by Crippen LogP contribution is 2.23. The first-order valence-electron chi connectivity index (χ1n) is 8.34. The Morgan fingerprint density at radius 1 is 1.17 bits per heavy atom. The van der Waals surface area contributed by atoms with E-state index >= 15 is 0 Å². The summed E-state index contributed by atoms with van der Waals surface area (Å²) in [6, 6.07) is 13.7. The maximum atomic E-state index is 12.7. The molecule has 4 rings (SSSR count). The summed E-state index contributed by atoms with van der Waals surface area (Å²) in [6.45, 7) is 1.81. The van der Waals surface area contributed by atoms with Gasteiger partial charge in [-0.3, -0.25) is 4.79 Å². The zero-order chi connectivity index (χ0) is 16.4. The first kappa shape index (κ1) is 15.1. The fourth-order valence-corrected chi connectivity index (χ4v) is 3.32. The number of rotatable bonds is 3. The van der Waals surface area contributed by atoms with Gasteiger partial charge < -0.3 is 14.4 Å². The van der Waals surface area contributed by atoms with Crippen LogP contribution >= 0.6 is 0 Å². The van der Waals surface area contributed by atoms with E-state index in [0.29, 0.717) is 32.0 Å². The average molecular weight is 324 g/mol. The lowest BCUT2D eigenvalue weighted by molar-refractivity contribution is -0.144. The van der Waals surface area contributed by atoms with Crippen molar-refractivity contribution >= 4 is 5.91 Å². The van der Waals surface area contributed by atoms with Crippen molar-refractivity contribution in [2.24, 2.45) is 0 Å². The highest BCUT2D eigenvalue weighted by Gasteiger charge is 2.34. The van der Waals surface area contributed by atoms with Gasteiger partial charge >= 0.3 is 0 Å². The van der Waals surface area contributed by atoms with Crippen molar-refractivity contribution < 1.29 is 14.3 Å². The SMILES string of the molecule is O=C(C1Cc2ccccc2CO1)N1CCC(Oc2ccccn2)C1. The Morgan fingerprint density at radius 3 is 2.83 bits per heavy atom. The zero-order valence-corrected chi connectivity index (χ0v) is 13.4. The number of aromatic nitrogens is 1. The first-order valence-corrected chi connectivity index (χ1v) is 8.34. The number of amides is 1. The van der Waals surface area contributed by atoms with E-state index in [1.807, 2.05) is 35.2 Å². The van der Waals surface area contributed by atoms with Crippen LogP contribution in [0.4, 0.5) is 0 Å². The minimum absolute atomic E-state index is 0.000253. The van der Waals surface area contributed by atoms with E-state index in [1.54, 1.807) is 6.20 Å². The van der Waals surface area contributed by atoms with Gasteiger partial charge in [-0.15, -0.1) is 0 Å². The Kier molecular flexibility index (Phi) is 4.17. The molecular weight excluding hydrogens is 304 g/mol. The van der Waals surface area contributed by atoms with Crippen LogP contribution in [0.15, 0.2) is 48.7 Å². The molecule has 1 fully saturated rings. The number of hydrogen-bond acceptors (Lipinski definition) is 4. The number of ether oxygens (including phenoxy) is 2. The smallest absolute Gasteiger partial charge is 0.252 e. The Bertz CT molecular complexity index is 720. The number of pyridine rings is 1. The number of nitrogens with zero attached hydrogens (tertiary/aromatic N) is 2. The first-order chi connectivity index (χ1) is 11.8. The van der Waals surface area contributed by atoms with Crippen LogP contribution in [0.1, 0.15) is 17.5 Å². The third-order valence-electron chi connectivity index (χ3n) is 4.62. The third kappa shape index (κ3) is 3.12. The molecule has 0 spiro atoms. The molecule has 0 aliphatic carbocycles. The summed E-state index contributed by atoms with van der Waals surface area (Å²) in [5, 5.41) is 0. The molecule has 2 unspecified atom stereocenters. The lowest BCUT2D eigenvalue weighted by Gasteiger charge is -2.28. The van der Waals surface area contributed by atoms with Crippen LogP contribution in [-0.4, -0.2) is 41.1 Å². The molecule has 3 heterocycles. The molecule has 5 heteroatoms. The zero-order valence-electron chi connectivity index (χ0n) is 13.4. The van der Waals surface area contributed by atoms with Crippen LogP contribution < -0.4 is 4.74 Å². The van der Waals surface area contributed by atoms with Gasteiger partial charge in [-0.1, -0.05) is 30.3 Å². The van der Waals surface area contributed by atoms with E-state index in [2.05, 4.69) is 17.1 Å². The van der Waals surface area contributed by atoms with E-state index in [9.17, 15) is 4.79 Å². The molecule has 1 amide bonds. The van der Waals surface area contributed by atoms with Crippen LogP contribution in [0.5, 0.6) is 5.88 Å². The summed E-state index contributed by atoms with van der Waals surface area (Å²) >= 11 is 0. The lowest BCUT2D eigenvalue weighted by atomic mass is 9.98. The summed E-state index contributed by atoms with van der Waals surface area (Å²) in [7, 11) is 0. The highest BCUT2D eigenvalue weighted by molar-refractivity contribution is 5.82. The standard InChI is InChI=1S/C19H20N2O3/c22-19(17-11-14-5-1-2-6-15(14)13-23-17)21-10-8-16(12-21)24-18-7-3-4-9-20-18/h1-7,9,16-17H,8,10-13H2. The van der Waals surface area contributed by atoms with Crippen LogP contribution in [0, 0.1) is 0 Å². The number of hydrogen-bond donors (Lipinski definition) is 0. The maximum absolute atomic E-state index is 12.7. The minimum atomic E-state index is -0.381. The van der Waals surface area contributed by atoms with Crippen LogP contribution in [-0.2, 0) is 22.6 Å². The number of benzene rings is 1. The van der Waals surface area contributed by atoms with Gasteiger partial charge in [-0.05, 0) is 17.2 Å². The Labute approximate surface area is 141 Å². The molecule has 0 saturated carbocycles. The number of carbonyl (C=O) groups excluding carboxylic acids is 1. The minimum Gasteiger partial charge on any atom is -0.472 e. The second kappa shape index (κ2) is 6.61. The van der Waals surface area contributed by atoms with Crippen LogP contribution in [0.25, 0.3) is 0 Å². The summed E-state index contributed by atoms with van der Waals surface area (Å²) in [4.78, 5) is 18.8. The molecule has 1 aromatic carbocycles. The van der Waals surface area contributed by atoms with E-state index in [4.69, 9.17) is 9.47 Å². The predicted molar refractivity (Wildman–Crippen MR) is 88.6 cm³/mol. The monoisotopic (exact) mass is 324 g/mol. The maximum Gasteiger partial charge on any atom is 0.252 e. The molecule has 0 bridgehead atoms. The fraction of sp³-hybridized carbons (Fsp3) is 0.368. The molecule has 2 aliphatic rings. The summed E-state index contributed by atoms with van der Waals surface area (Å²) in [5.41, 5.74) is 2.39. The van der Waals surface area contributed by atoms with Gasteiger partial charge in [0, 0.05) is 31.6 Å². The third-order valence-corrected chi connectivity index (χ3v) is 4.62. The van der Waals surface area contributed by atoms with Crippen LogP contribution in [0.3, 0.4) is 0 Å². The molecule has 5 nitrogen and oxygen atoms in total. The number of fused-ring (bicyclic) bond motifs is 1. The van der Waals surface area contributed by atoms with E-state index in [0.717, 1.165) is 6.42 Å².